The molecule has 5 rings (SSSR count). The maximum atomic E-state index is 13.8. The number of alkyl halides is 3. The number of benzene rings is 2. The molecule has 1 atom stereocenters. The van der Waals surface area contributed by atoms with E-state index >= 15 is 0 Å². The minimum Gasteiger partial charge on any atom is -0.336 e. The van der Waals surface area contributed by atoms with Gasteiger partial charge in [0, 0.05) is 50.6 Å². The number of nitrogens with zero attached hydrogens (tertiary/aromatic N) is 6. The van der Waals surface area contributed by atoms with Crippen molar-refractivity contribution in [2.45, 2.75) is 31.6 Å². The first kappa shape index (κ1) is 27.6. The average Bonchev–Trinajstić information content (AvgIpc) is 3.53. The van der Waals surface area contributed by atoms with Gasteiger partial charge < -0.3 is 9.80 Å². The zero-order valence-corrected chi connectivity index (χ0v) is 22.4. The Bertz CT molecular complexity index is 1650. The fourth-order valence-electron chi connectivity index (χ4n) is 5.36. The van der Waals surface area contributed by atoms with E-state index < -0.39 is 29.7 Å². The van der Waals surface area contributed by atoms with Crippen molar-refractivity contribution in [1.29, 1.82) is 5.26 Å². The van der Waals surface area contributed by atoms with E-state index in [-0.39, 0.29) is 47.6 Å². The first-order chi connectivity index (χ1) is 19.4. The van der Waals surface area contributed by atoms with Gasteiger partial charge in [0.1, 0.15) is 0 Å². The summed E-state index contributed by atoms with van der Waals surface area (Å²) in [6.07, 6.45) is -2.79. The lowest BCUT2D eigenvalue weighted by Gasteiger charge is -2.41. The molecule has 1 aromatic heterocycles. The van der Waals surface area contributed by atoms with E-state index in [0.717, 1.165) is 22.7 Å². The van der Waals surface area contributed by atoms with Crippen LogP contribution in [0, 0.1) is 11.3 Å². The topological polar surface area (TPSA) is 103 Å². The lowest BCUT2D eigenvalue weighted by atomic mass is 9.88. The van der Waals surface area contributed by atoms with Crippen LogP contribution in [-0.4, -0.2) is 51.4 Å². The highest BCUT2D eigenvalue weighted by Gasteiger charge is 2.46. The number of aryl methyl sites for hydroxylation is 1. The second-order valence-electron chi connectivity index (χ2n) is 9.98. The predicted molar refractivity (Wildman–Crippen MR) is 141 cm³/mol. The number of aromatic nitrogens is 2. The summed E-state index contributed by atoms with van der Waals surface area (Å²) in [7, 11) is 4.78. The molecule has 210 valence electrons. The van der Waals surface area contributed by atoms with Crippen LogP contribution in [0.5, 0.6) is 0 Å². The lowest BCUT2D eigenvalue weighted by Crippen LogP contribution is -2.48. The first-order valence-corrected chi connectivity index (χ1v) is 12.7. The second-order valence-corrected chi connectivity index (χ2v) is 9.98. The summed E-state index contributed by atoms with van der Waals surface area (Å²) in [6, 6.07) is 11.0. The molecule has 1 aliphatic carbocycles. The Labute approximate surface area is 233 Å². The number of ketones is 1. The van der Waals surface area contributed by atoms with Crippen LogP contribution >= 0.6 is 0 Å². The summed E-state index contributed by atoms with van der Waals surface area (Å²) in [5, 5.41) is 13.7. The highest BCUT2D eigenvalue weighted by Crippen LogP contribution is 2.46. The predicted octanol–water partition coefficient (Wildman–Crippen LogP) is 4.81. The first-order valence-electron chi connectivity index (χ1n) is 12.7. The normalized spacial score (nSPS) is 17.1. The molecular formula is C29H25F3N6O3. The number of hydrogen-bond acceptors (Lipinski definition) is 5. The van der Waals surface area contributed by atoms with Gasteiger partial charge in [0.05, 0.1) is 41.2 Å². The quantitative estimate of drug-likeness (QED) is 0.444. The number of anilines is 1. The molecule has 3 aromatic rings. The number of amides is 3. The number of carbonyl (C=O) groups is 3. The molecule has 0 saturated heterocycles. The third-order valence-corrected chi connectivity index (χ3v) is 7.43. The van der Waals surface area contributed by atoms with Crippen LogP contribution in [-0.2, 0) is 24.6 Å². The van der Waals surface area contributed by atoms with Crippen LogP contribution in [0.25, 0.3) is 0 Å². The minimum absolute atomic E-state index is 0.00985. The molecule has 1 unspecified atom stereocenters. The molecule has 2 aromatic carbocycles. The Hall–Kier alpha value is -4.92. The summed E-state index contributed by atoms with van der Waals surface area (Å²) < 4.78 is 42.0. The zero-order chi connectivity index (χ0) is 29.6. The number of rotatable bonds is 5. The van der Waals surface area contributed by atoms with Crippen molar-refractivity contribution < 1.29 is 27.6 Å². The Morgan fingerprint density at radius 3 is 2.54 bits per heavy atom. The number of likely N-dealkylation sites (N-methyl/N-ethyl adjacent to an activating group) is 1. The number of carbonyl (C=O) groups excluding carboxylic acids is 3. The van der Waals surface area contributed by atoms with Crippen LogP contribution in [0.1, 0.15) is 51.6 Å². The van der Waals surface area contributed by atoms with Gasteiger partial charge in [-0.1, -0.05) is 12.1 Å². The van der Waals surface area contributed by atoms with Crippen LogP contribution in [0.15, 0.2) is 66.0 Å². The van der Waals surface area contributed by atoms with Crippen molar-refractivity contribution >= 4 is 23.4 Å². The Morgan fingerprint density at radius 1 is 1.12 bits per heavy atom. The maximum Gasteiger partial charge on any atom is 0.416 e. The number of halogens is 3. The van der Waals surface area contributed by atoms with Crippen molar-refractivity contribution in [1.82, 2.24) is 19.6 Å². The zero-order valence-electron chi connectivity index (χ0n) is 22.4. The van der Waals surface area contributed by atoms with Gasteiger partial charge in [0.15, 0.2) is 5.78 Å². The van der Waals surface area contributed by atoms with Gasteiger partial charge >= 0.3 is 12.2 Å². The fraction of sp³-hybridized carbons (Fsp3) is 0.276. The Kier molecular flexibility index (Phi) is 6.90. The molecule has 0 fully saturated rings. The van der Waals surface area contributed by atoms with E-state index in [1.54, 1.807) is 37.1 Å². The van der Waals surface area contributed by atoms with Crippen LogP contribution in [0.4, 0.5) is 23.7 Å². The van der Waals surface area contributed by atoms with Gasteiger partial charge in [0.25, 0.3) is 5.91 Å². The summed E-state index contributed by atoms with van der Waals surface area (Å²) in [4.78, 5) is 44.7. The van der Waals surface area contributed by atoms with Crippen molar-refractivity contribution in [3.05, 3.63) is 93.9 Å². The largest absolute Gasteiger partial charge is 0.416 e. The number of allylic oxidation sites excluding steroid dienone is 1. The van der Waals surface area contributed by atoms with Gasteiger partial charge in [0.2, 0.25) is 0 Å². The van der Waals surface area contributed by atoms with E-state index in [9.17, 15) is 32.8 Å². The standard InChI is InChI=1S/C29H25F3N6O3/c1-35(16-20-11-12-34-37(20)3)27(40)22-13-17(15-33)7-8-21(22)26-25-23(9-10-24(25)39)38(28(41)36(26)2)19-6-4-5-18(14-19)29(30,31)32/h4-8,11-14,26H,9-10,16H2,1-3H3. The molecule has 2 aliphatic rings. The highest BCUT2D eigenvalue weighted by molar-refractivity contribution is 6.09. The molecule has 41 heavy (non-hydrogen) atoms. The van der Waals surface area contributed by atoms with Gasteiger partial charge in [-0.3, -0.25) is 19.2 Å². The van der Waals surface area contributed by atoms with E-state index in [1.165, 1.54) is 41.1 Å². The fourth-order valence-corrected chi connectivity index (χ4v) is 5.36. The summed E-state index contributed by atoms with van der Waals surface area (Å²) in [5.74, 6) is -0.709. The van der Waals surface area contributed by atoms with Crippen molar-refractivity contribution in [2.24, 2.45) is 7.05 Å². The maximum absolute atomic E-state index is 13.8. The lowest BCUT2D eigenvalue weighted by molar-refractivity contribution is -0.137. The third-order valence-electron chi connectivity index (χ3n) is 7.43. The third kappa shape index (κ3) is 4.84. The molecule has 2 heterocycles. The van der Waals surface area contributed by atoms with Gasteiger partial charge in [-0.25, -0.2) is 4.79 Å². The molecule has 0 spiro atoms. The highest BCUT2D eigenvalue weighted by atomic mass is 19.4. The average molecular weight is 563 g/mol. The van der Waals surface area contributed by atoms with Crippen LogP contribution in [0.3, 0.4) is 0 Å². The number of urea groups is 1. The van der Waals surface area contributed by atoms with E-state index in [2.05, 4.69) is 5.10 Å². The summed E-state index contributed by atoms with van der Waals surface area (Å²) in [5.41, 5.74) is 1.06. The number of nitriles is 1. The molecule has 12 heteroatoms. The number of Topliss-reactive ketones (excluding diaryl/α,β-unsaturated/α-hetero) is 1. The SMILES string of the molecule is CN(Cc1ccnn1C)C(=O)c1cc(C#N)ccc1C1C2=C(CCC2=O)N(c2cccc(C(F)(F)F)c2)C(=O)N1C. The Morgan fingerprint density at radius 2 is 1.88 bits per heavy atom. The Balaban J connectivity index is 1.62. The number of hydrogen-bond donors (Lipinski definition) is 0. The molecule has 0 radical (unpaired) electrons. The van der Waals surface area contributed by atoms with Gasteiger partial charge in [-0.2, -0.15) is 23.5 Å². The molecular weight excluding hydrogens is 537 g/mol. The second kappa shape index (κ2) is 10.2. The van der Waals surface area contributed by atoms with Crippen molar-refractivity contribution in [3.8, 4) is 6.07 Å². The van der Waals surface area contributed by atoms with Crippen molar-refractivity contribution in [3.63, 3.8) is 0 Å². The summed E-state index contributed by atoms with van der Waals surface area (Å²) >= 11 is 0. The molecule has 0 N–H and O–H groups in total. The molecule has 1 aliphatic heterocycles. The van der Waals surface area contributed by atoms with Crippen LogP contribution in [0.2, 0.25) is 0 Å². The van der Waals surface area contributed by atoms with E-state index in [0.29, 0.717) is 11.3 Å². The molecule has 0 bridgehead atoms. The molecule has 0 saturated carbocycles. The summed E-state index contributed by atoms with van der Waals surface area (Å²) in [6.45, 7) is 0.210. The van der Waals surface area contributed by atoms with Crippen molar-refractivity contribution in [2.75, 3.05) is 19.0 Å². The minimum atomic E-state index is -4.62. The van der Waals surface area contributed by atoms with Gasteiger partial charge in [-0.15, -0.1) is 0 Å². The monoisotopic (exact) mass is 562 g/mol. The smallest absolute Gasteiger partial charge is 0.336 e. The van der Waals surface area contributed by atoms with Crippen LogP contribution < -0.4 is 4.90 Å². The molecule has 3 amide bonds. The molecule has 9 nitrogen and oxygen atoms in total. The van der Waals surface area contributed by atoms with Gasteiger partial charge in [-0.05, 0) is 48.4 Å². The van der Waals surface area contributed by atoms with E-state index in [1.807, 2.05) is 6.07 Å². The van der Waals surface area contributed by atoms with E-state index in [4.69, 9.17) is 0 Å².